The molecule has 0 aliphatic carbocycles. The first-order valence-electron chi connectivity index (χ1n) is 9.90. The van der Waals surface area contributed by atoms with E-state index < -0.39 is 24.3 Å². The number of rotatable bonds is 7. The zero-order valence-electron chi connectivity index (χ0n) is 18.4. The molecule has 1 N–H and O–H groups in total. The molecule has 0 fully saturated rings. The van der Waals surface area contributed by atoms with Gasteiger partial charge in [-0.25, -0.2) is 19.3 Å². The molecule has 0 aliphatic rings. The van der Waals surface area contributed by atoms with Crippen molar-refractivity contribution in [2.75, 3.05) is 13.2 Å². The lowest BCUT2D eigenvalue weighted by Gasteiger charge is -2.09. The minimum absolute atomic E-state index is 0.0892. The minimum Gasteiger partial charge on any atom is -0.461 e. The summed E-state index contributed by atoms with van der Waals surface area (Å²) in [6.07, 6.45) is 0. The number of hydrogen-bond acceptors (Lipinski definition) is 7. The molecule has 0 radical (unpaired) electrons. The van der Waals surface area contributed by atoms with Crippen molar-refractivity contribution >= 4 is 29.3 Å². The number of halogens is 1. The number of aryl methyl sites for hydroxylation is 3. The highest BCUT2D eigenvalue weighted by Gasteiger charge is 2.24. The van der Waals surface area contributed by atoms with Crippen molar-refractivity contribution in [1.82, 2.24) is 19.7 Å². The van der Waals surface area contributed by atoms with Gasteiger partial charge in [0, 0.05) is 17.0 Å². The maximum atomic E-state index is 12.7. The van der Waals surface area contributed by atoms with E-state index in [1.165, 1.54) is 6.07 Å². The van der Waals surface area contributed by atoms with E-state index in [0.29, 0.717) is 17.1 Å². The van der Waals surface area contributed by atoms with Crippen LogP contribution >= 0.6 is 11.6 Å². The van der Waals surface area contributed by atoms with Crippen molar-refractivity contribution in [3.8, 4) is 5.82 Å². The summed E-state index contributed by atoms with van der Waals surface area (Å²) in [5.74, 6) is -1.47. The van der Waals surface area contributed by atoms with Gasteiger partial charge in [0.25, 0.3) is 0 Å². The Kier molecular flexibility index (Phi) is 6.78. The third-order valence-corrected chi connectivity index (χ3v) is 5.09. The van der Waals surface area contributed by atoms with E-state index in [2.05, 4.69) is 15.1 Å². The Hall–Kier alpha value is -3.46. The van der Waals surface area contributed by atoms with Gasteiger partial charge in [-0.2, -0.15) is 5.10 Å². The van der Waals surface area contributed by atoms with E-state index in [4.69, 9.17) is 21.1 Å². The number of ketones is 1. The SMILES string of the molecule is CCOC(=O)c1[nH]c(C)c(C(=O)COC(=O)c2nc(-n3nc(C)cc3C)ccc2Cl)c1C. The number of carbonyl (C=O) groups excluding carboxylic acids is 3. The largest absolute Gasteiger partial charge is 0.461 e. The Morgan fingerprint density at radius 3 is 2.44 bits per heavy atom. The third-order valence-electron chi connectivity index (χ3n) is 4.78. The molecule has 10 heteroatoms. The predicted octanol–water partition coefficient (Wildman–Crippen LogP) is 3.70. The van der Waals surface area contributed by atoms with Crippen molar-refractivity contribution in [3.05, 3.63) is 62.8 Å². The number of nitrogens with zero attached hydrogens (tertiary/aromatic N) is 3. The van der Waals surface area contributed by atoms with E-state index in [0.717, 1.165) is 11.4 Å². The zero-order chi connectivity index (χ0) is 23.6. The van der Waals surface area contributed by atoms with Gasteiger partial charge in [0.1, 0.15) is 5.69 Å². The van der Waals surface area contributed by atoms with E-state index in [1.807, 2.05) is 19.9 Å². The molecule has 0 bridgehead atoms. The molecule has 0 saturated carbocycles. The first-order valence-corrected chi connectivity index (χ1v) is 10.3. The van der Waals surface area contributed by atoms with Crippen LogP contribution in [0.1, 0.15) is 60.9 Å². The Morgan fingerprint density at radius 2 is 1.81 bits per heavy atom. The highest BCUT2D eigenvalue weighted by atomic mass is 35.5. The summed E-state index contributed by atoms with van der Waals surface area (Å²) in [4.78, 5) is 44.5. The van der Waals surface area contributed by atoms with Crippen molar-refractivity contribution in [3.63, 3.8) is 0 Å². The highest BCUT2D eigenvalue weighted by Crippen LogP contribution is 2.21. The van der Waals surface area contributed by atoms with Gasteiger partial charge in [0.05, 0.1) is 17.3 Å². The third kappa shape index (κ3) is 4.57. The average molecular weight is 459 g/mol. The number of carbonyl (C=O) groups is 3. The van der Waals surface area contributed by atoms with Crippen molar-refractivity contribution in [2.45, 2.75) is 34.6 Å². The molecule has 32 heavy (non-hydrogen) atoms. The summed E-state index contributed by atoms with van der Waals surface area (Å²) in [6.45, 7) is 8.35. The summed E-state index contributed by atoms with van der Waals surface area (Å²) in [6, 6.07) is 5.02. The van der Waals surface area contributed by atoms with Crippen LogP contribution in [0.15, 0.2) is 18.2 Å². The molecule has 0 unspecified atom stereocenters. The molecular formula is C22H23ClN4O5. The van der Waals surface area contributed by atoms with Crippen LogP contribution in [0.2, 0.25) is 5.02 Å². The molecule has 0 aromatic carbocycles. The molecule has 3 rings (SSSR count). The molecule has 9 nitrogen and oxygen atoms in total. The lowest BCUT2D eigenvalue weighted by atomic mass is 10.1. The number of nitrogens with one attached hydrogen (secondary N) is 1. The van der Waals surface area contributed by atoms with E-state index in [1.54, 1.807) is 31.5 Å². The molecule has 3 aromatic heterocycles. The minimum atomic E-state index is -0.844. The van der Waals surface area contributed by atoms with Gasteiger partial charge in [-0.3, -0.25) is 4.79 Å². The van der Waals surface area contributed by atoms with Gasteiger partial charge >= 0.3 is 11.9 Å². The van der Waals surface area contributed by atoms with E-state index in [-0.39, 0.29) is 28.6 Å². The lowest BCUT2D eigenvalue weighted by Crippen LogP contribution is -2.17. The summed E-state index contributed by atoms with van der Waals surface area (Å²) in [5, 5.41) is 4.43. The fraction of sp³-hybridized carbons (Fsp3) is 0.318. The zero-order valence-corrected chi connectivity index (χ0v) is 19.2. The maximum absolute atomic E-state index is 12.7. The summed E-state index contributed by atoms with van der Waals surface area (Å²) in [5.41, 5.74) is 2.90. The topological polar surface area (TPSA) is 116 Å². The highest BCUT2D eigenvalue weighted by molar-refractivity contribution is 6.33. The Labute approximate surface area is 189 Å². The van der Waals surface area contributed by atoms with Crippen LogP contribution in [-0.2, 0) is 9.47 Å². The second-order valence-electron chi connectivity index (χ2n) is 7.18. The molecule has 0 atom stereocenters. The molecule has 168 valence electrons. The van der Waals surface area contributed by atoms with Gasteiger partial charge in [-0.15, -0.1) is 0 Å². The molecular weight excluding hydrogens is 436 g/mol. The molecule has 0 spiro atoms. The number of esters is 2. The average Bonchev–Trinajstić information content (AvgIpc) is 3.23. The lowest BCUT2D eigenvalue weighted by molar-refractivity contribution is 0.0467. The number of pyridine rings is 1. The van der Waals surface area contributed by atoms with Crippen LogP contribution in [0.4, 0.5) is 0 Å². The van der Waals surface area contributed by atoms with Gasteiger partial charge in [0.15, 0.2) is 18.1 Å². The van der Waals surface area contributed by atoms with Gasteiger partial charge in [-0.1, -0.05) is 11.6 Å². The van der Waals surface area contributed by atoms with Crippen LogP contribution in [0, 0.1) is 27.7 Å². The second kappa shape index (κ2) is 9.35. The number of hydrogen-bond donors (Lipinski definition) is 1. The van der Waals surface area contributed by atoms with Crippen LogP contribution in [0.5, 0.6) is 0 Å². The normalized spacial score (nSPS) is 10.8. The van der Waals surface area contributed by atoms with E-state index in [9.17, 15) is 14.4 Å². The Morgan fingerprint density at radius 1 is 1.09 bits per heavy atom. The number of ether oxygens (including phenoxy) is 2. The fourth-order valence-electron chi connectivity index (χ4n) is 3.40. The molecule has 0 amide bonds. The summed E-state index contributed by atoms with van der Waals surface area (Å²) < 4.78 is 11.8. The van der Waals surface area contributed by atoms with Crippen LogP contribution < -0.4 is 0 Å². The van der Waals surface area contributed by atoms with Crippen LogP contribution in [0.3, 0.4) is 0 Å². The smallest absolute Gasteiger partial charge is 0.359 e. The first-order chi connectivity index (χ1) is 15.1. The second-order valence-corrected chi connectivity index (χ2v) is 7.59. The fourth-order valence-corrected chi connectivity index (χ4v) is 3.58. The number of Topliss-reactive ketones (excluding diaryl/α,β-unsaturated/α-hetero) is 1. The molecule has 3 heterocycles. The number of aromatic amines is 1. The maximum Gasteiger partial charge on any atom is 0.359 e. The van der Waals surface area contributed by atoms with Gasteiger partial charge in [0.2, 0.25) is 5.78 Å². The molecule has 3 aromatic rings. The van der Waals surface area contributed by atoms with Gasteiger partial charge < -0.3 is 14.5 Å². The predicted molar refractivity (Wildman–Crippen MR) is 117 cm³/mol. The van der Waals surface area contributed by atoms with Gasteiger partial charge in [-0.05, 0) is 58.4 Å². The quantitative estimate of drug-likeness (QED) is 0.423. The number of aromatic nitrogens is 4. The first kappa shape index (κ1) is 23.2. The van der Waals surface area contributed by atoms with Crippen molar-refractivity contribution in [2.24, 2.45) is 0 Å². The van der Waals surface area contributed by atoms with E-state index >= 15 is 0 Å². The monoisotopic (exact) mass is 458 g/mol. The van der Waals surface area contributed by atoms with Crippen molar-refractivity contribution in [1.29, 1.82) is 0 Å². The molecule has 0 saturated heterocycles. The summed E-state index contributed by atoms with van der Waals surface area (Å²) in [7, 11) is 0. The number of H-pyrrole nitrogens is 1. The molecule has 0 aliphatic heterocycles. The Balaban J connectivity index is 1.78. The Bertz CT molecular complexity index is 1210. The van der Waals surface area contributed by atoms with Crippen molar-refractivity contribution < 1.29 is 23.9 Å². The standard InChI is InChI=1S/C22H23ClN4O5/c1-6-31-21(29)19-13(4)18(14(5)24-19)16(28)10-32-22(30)20-15(23)7-8-17(25-20)27-12(3)9-11(2)26-27/h7-9,24H,6,10H2,1-5H3. The summed E-state index contributed by atoms with van der Waals surface area (Å²) >= 11 is 6.14. The van der Waals surface area contributed by atoms with Crippen LogP contribution in [0.25, 0.3) is 5.82 Å². The van der Waals surface area contributed by atoms with Crippen LogP contribution in [-0.4, -0.2) is 50.7 Å².